The molecule has 0 fully saturated rings. The second kappa shape index (κ2) is 10.5. The fourth-order valence-electron chi connectivity index (χ4n) is 4.04. The summed E-state index contributed by atoms with van der Waals surface area (Å²) in [5, 5.41) is 22.4. The first-order chi connectivity index (χ1) is 17.6. The third-order valence-electron chi connectivity index (χ3n) is 6.07. The maximum atomic E-state index is 14.0. The smallest absolute Gasteiger partial charge is 0.417 e. The molecule has 0 aliphatic heterocycles. The Morgan fingerprint density at radius 2 is 1.70 bits per heavy atom. The van der Waals surface area contributed by atoms with E-state index in [0.717, 1.165) is 17.2 Å². The first-order valence-electron chi connectivity index (χ1n) is 11.3. The Kier molecular flexibility index (Phi) is 7.42. The van der Waals surface area contributed by atoms with E-state index in [1.165, 1.54) is 17.0 Å². The van der Waals surface area contributed by atoms with Gasteiger partial charge in [-0.3, -0.25) is 9.69 Å². The monoisotopic (exact) mass is 511 g/mol. The Bertz CT molecular complexity index is 1400. The molecule has 0 bridgehead atoms. The van der Waals surface area contributed by atoms with Crippen LogP contribution < -0.4 is 0 Å². The molecule has 37 heavy (non-hydrogen) atoms. The van der Waals surface area contributed by atoms with Crippen molar-refractivity contribution in [1.82, 2.24) is 15.0 Å². The highest BCUT2D eigenvalue weighted by Gasteiger charge is 2.34. The van der Waals surface area contributed by atoms with Crippen LogP contribution in [0.2, 0.25) is 0 Å². The number of benzene rings is 3. The van der Waals surface area contributed by atoms with Gasteiger partial charge in [0.15, 0.2) is 0 Å². The first kappa shape index (κ1) is 26.1. The fourth-order valence-corrected chi connectivity index (χ4v) is 4.04. The van der Waals surface area contributed by atoms with Crippen LogP contribution in [-0.4, -0.2) is 50.9 Å². The Hall–Kier alpha value is -4.02. The van der Waals surface area contributed by atoms with Crippen LogP contribution in [0.3, 0.4) is 0 Å². The minimum atomic E-state index is -4.59. The summed E-state index contributed by atoms with van der Waals surface area (Å²) in [5.74, 6) is -0.973. The summed E-state index contributed by atoms with van der Waals surface area (Å²) in [5.41, 5.74) is 2.00. The quantitative estimate of drug-likeness (QED) is 0.332. The van der Waals surface area contributed by atoms with Crippen molar-refractivity contribution in [2.45, 2.75) is 25.7 Å². The van der Waals surface area contributed by atoms with Crippen LogP contribution in [0.1, 0.15) is 16.7 Å². The van der Waals surface area contributed by atoms with Gasteiger partial charge in [-0.2, -0.15) is 18.2 Å². The number of hydrogen-bond donors (Lipinski definition) is 2. The number of nitrogens with zero attached hydrogens (tertiary/aromatic N) is 3. The highest BCUT2D eigenvalue weighted by molar-refractivity contribution is 5.75. The molecule has 0 radical (unpaired) electrons. The van der Waals surface area contributed by atoms with Crippen LogP contribution in [0.5, 0.6) is 0 Å². The lowest BCUT2D eigenvalue weighted by Gasteiger charge is -2.22. The van der Waals surface area contributed by atoms with Crippen molar-refractivity contribution in [3.63, 3.8) is 0 Å². The predicted octanol–water partition coefficient (Wildman–Crippen LogP) is 5.28. The number of carbonyl (C=O) groups is 1. The number of likely N-dealkylation sites (N-methyl/N-ethyl adjacent to an activating group) is 1. The van der Waals surface area contributed by atoms with Crippen molar-refractivity contribution >= 4 is 5.97 Å². The zero-order valence-corrected chi connectivity index (χ0v) is 20.0. The number of aliphatic hydroxyl groups excluding tert-OH is 1. The predicted molar refractivity (Wildman–Crippen MR) is 130 cm³/mol. The molecular weight excluding hydrogens is 487 g/mol. The van der Waals surface area contributed by atoms with E-state index < -0.39 is 30.4 Å². The Labute approximate surface area is 210 Å². The molecule has 1 heterocycles. The number of alkyl halides is 3. The third-order valence-corrected chi connectivity index (χ3v) is 6.07. The van der Waals surface area contributed by atoms with Gasteiger partial charge in [-0.1, -0.05) is 59.8 Å². The van der Waals surface area contributed by atoms with Crippen LogP contribution in [0.15, 0.2) is 71.3 Å². The molecule has 0 saturated carbocycles. The van der Waals surface area contributed by atoms with E-state index in [1.54, 1.807) is 62.5 Å². The summed E-state index contributed by atoms with van der Waals surface area (Å²) in [6.07, 6.45) is -4.59. The molecule has 10 heteroatoms. The molecular formula is C27H24F3N3O4. The van der Waals surface area contributed by atoms with Crippen molar-refractivity contribution < 1.29 is 32.7 Å². The Morgan fingerprint density at radius 1 is 1.03 bits per heavy atom. The molecule has 1 atom stereocenters. The van der Waals surface area contributed by atoms with Crippen molar-refractivity contribution in [2.75, 3.05) is 13.7 Å². The average molecular weight is 512 g/mol. The molecule has 1 aromatic heterocycles. The molecule has 0 aliphatic carbocycles. The topological polar surface area (TPSA) is 99.7 Å². The number of carboxylic acids is 1. The molecule has 0 aliphatic rings. The van der Waals surface area contributed by atoms with Gasteiger partial charge in [0.05, 0.1) is 12.2 Å². The molecule has 0 amide bonds. The Morgan fingerprint density at radius 3 is 2.32 bits per heavy atom. The van der Waals surface area contributed by atoms with Gasteiger partial charge in [0.25, 0.3) is 5.89 Å². The molecule has 2 N–H and O–H groups in total. The van der Waals surface area contributed by atoms with Crippen LogP contribution in [-0.2, 0) is 17.5 Å². The molecule has 4 aromatic rings. The van der Waals surface area contributed by atoms with Gasteiger partial charge < -0.3 is 14.7 Å². The molecule has 0 saturated heterocycles. The molecule has 1 unspecified atom stereocenters. The van der Waals surface area contributed by atoms with Gasteiger partial charge >= 0.3 is 12.1 Å². The summed E-state index contributed by atoms with van der Waals surface area (Å²) in [4.78, 5) is 17.0. The average Bonchev–Trinajstić information content (AvgIpc) is 3.34. The molecule has 4 rings (SSSR count). The number of hydrogen-bond acceptors (Lipinski definition) is 6. The zero-order chi connectivity index (χ0) is 26.7. The van der Waals surface area contributed by atoms with Gasteiger partial charge in [-0.15, -0.1) is 0 Å². The minimum absolute atomic E-state index is 0.0483. The summed E-state index contributed by atoms with van der Waals surface area (Å²) in [6, 6.07) is 16.7. The second-order valence-electron chi connectivity index (χ2n) is 8.64. The van der Waals surface area contributed by atoms with Gasteiger partial charge in [0.1, 0.15) is 6.04 Å². The number of aliphatic hydroxyl groups is 1. The fraction of sp³-hybridized carbons (Fsp3) is 0.222. The first-order valence-corrected chi connectivity index (χ1v) is 11.3. The van der Waals surface area contributed by atoms with Gasteiger partial charge in [-0.05, 0) is 48.4 Å². The lowest BCUT2D eigenvalue weighted by atomic mass is 9.94. The van der Waals surface area contributed by atoms with Crippen molar-refractivity contribution in [2.24, 2.45) is 0 Å². The lowest BCUT2D eigenvalue weighted by Crippen LogP contribution is -2.40. The van der Waals surface area contributed by atoms with E-state index in [9.17, 15) is 23.1 Å². The number of aryl methyl sites for hydroxylation is 1. The van der Waals surface area contributed by atoms with E-state index >= 15 is 0 Å². The van der Waals surface area contributed by atoms with E-state index in [2.05, 4.69) is 10.1 Å². The zero-order valence-electron chi connectivity index (χ0n) is 20.0. The van der Waals surface area contributed by atoms with E-state index in [0.29, 0.717) is 11.1 Å². The summed E-state index contributed by atoms with van der Waals surface area (Å²) in [6.45, 7) is 1.52. The van der Waals surface area contributed by atoms with Crippen LogP contribution in [0, 0.1) is 6.92 Å². The summed E-state index contributed by atoms with van der Waals surface area (Å²) >= 11 is 0. The molecule has 7 nitrogen and oxygen atoms in total. The van der Waals surface area contributed by atoms with E-state index in [4.69, 9.17) is 9.63 Å². The normalized spacial score (nSPS) is 12.6. The van der Waals surface area contributed by atoms with E-state index in [-0.39, 0.29) is 29.4 Å². The third kappa shape index (κ3) is 5.71. The maximum absolute atomic E-state index is 14.0. The van der Waals surface area contributed by atoms with Gasteiger partial charge in [0, 0.05) is 17.7 Å². The number of carboxylic acid groups (broad SMARTS) is 1. The summed E-state index contributed by atoms with van der Waals surface area (Å²) < 4.78 is 47.2. The lowest BCUT2D eigenvalue weighted by molar-refractivity contribution is -0.144. The SMILES string of the molecule is Cc1ccccc1-c1ccc(-c2nc(-c3ccc(CN(C)C(CO)C(=O)O)cc3)no2)cc1C(F)(F)F. The van der Waals surface area contributed by atoms with Gasteiger partial charge in [-0.25, -0.2) is 0 Å². The molecule has 3 aromatic carbocycles. The number of aliphatic carboxylic acids is 1. The maximum Gasteiger partial charge on any atom is 0.417 e. The van der Waals surface area contributed by atoms with E-state index in [1.807, 2.05) is 0 Å². The van der Waals surface area contributed by atoms with Crippen molar-refractivity contribution in [1.29, 1.82) is 0 Å². The highest BCUT2D eigenvalue weighted by atomic mass is 19.4. The van der Waals surface area contributed by atoms with Crippen LogP contribution in [0.25, 0.3) is 34.0 Å². The minimum Gasteiger partial charge on any atom is -0.480 e. The van der Waals surface area contributed by atoms with Crippen molar-refractivity contribution in [3.8, 4) is 34.0 Å². The second-order valence-corrected chi connectivity index (χ2v) is 8.64. The largest absolute Gasteiger partial charge is 0.480 e. The highest BCUT2D eigenvalue weighted by Crippen LogP contribution is 2.40. The standard InChI is InChI=1S/C27H24F3N3O4/c1-16-5-3-4-6-20(16)21-12-11-19(13-22(21)27(28,29)30)25-31-24(32-37-25)18-9-7-17(8-10-18)14-33(2)23(15-34)26(35)36/h3-13,23,34H,14-15H2,1-2H3,(H,35,36). The van der Waals surface area contributed by atoms with Crippen LogP contribution >= 0.6 is 0 Å². The Balaban J connectivity index is 1.59. The van der Waals surface area contributed by atoms with Crippen LogP contribution in [0.4, 0.5) is 13.2 Å². The molecule has 192 valence electrons. The number of halogens is 3. The number of rotatable bonds is 8. The summed E-state index contributed by atoms with van der Waals surface area (Å²) in [7, 11) is 1.59. The number of aromatic nitrogens is 2. The van der Waals surface area contributed by atoms with Gasteiger partial charge in [0.2, 0.25) is 5.82 Å². The molecule has 0 spiro atoms. The van der Waals surface area contributed by atoms with Crippen molar-refractivity contribution in [3.05, 3.63) is 83.4 Å².